The Balaban J connectivity index is 1.46. The van der Waals surface area contributed by atoms with Crippen LogP contribution in [-0.4, -0.2) is 40.0 Å². The van der Waals surface area contributed by atoms with Gasteiger partial charge in [0.2, 0.25) is 0 Å². The van der Waals surface area contributed by atoms with Crippen molar-refractivity contribution in [3.63, 3.8) is 0 Å². The van der Waals surface area contributed by atoms with Gasteiger partial charge in [0.15, 0.2) is 0 Å². The van der Waals surface area contributed by atoms with E-state index in [0.717, 1.165) is 16.0 Å². The zero-order valence-corrected chi connectivity index (χ0v) is 15.2. The van der Waals surface area contributed by atoms with Crippen LogP contribution in [0.3, 0.4) is 0 Å². The molecule has 0 spiro atoms. The molecule has 5 heteroatoms. The van der Waals surface area contributed by atoms with E-state index >= 15 is 0 Å². The summed E-state index contributed by atoms with van der Waals surface area (Å²) in [6, 6.07) is 17.6. The van der Waals surface area contributed by atoms with E-state index in [9.17, 15) is 9.32 Å². The molecule has 0 unspecified atom stereocenters. The Hall–Kier alpha value is -1.53. The number of hydrogen-bond donors (Lipinski definition) is 1. The van der Waals surface area contributed by atoms with Gasteiger partial charge in [-0.1, -0.05) is 48.0 Å². The van der Waals surface area contributed by atoms with E-state index in [1.807, 2.05) is 61.5 Å². The molecule has 1 aliphatic rings. The van der Waals surface area contributed by atoms with Crippen LogP contribution in [-0.2, 0) is 26.9 Å². The Morgan fingerprint density at radius 2 is 1.88 bits per heavy atom. The average Bonchev–Trinajstić information content (AvgIpc) is 2.96. The minimum atomic E-state index is -1.18. The Morgan fingerprint density at radius 1 is 1.16 bits per heavy atom. The third-order valence-electron chi connectivity index (χ3n) is 4.32. The highest BCUT2D eigenvalue weighted by Gasteiger charge is 2.35. The van der Waals surface area contributed by atoms with Gasteiger partial charge >= 0.3 is 0 Å². The summed E-state index contributed by atoms with van der Waals surface area (Å²) in [5, 5.41) is 10.2. The lowest BCUT2D eigenvalue weighted by molar-refractivity contribution is -0.0223. The Morgan fingerprint density at radius 3 is 2.60 bits per heavy atom. The predicted octanol–water partition coefficient (Wildman–Crippen LogP) is 2.84. The van der Waals surface area contributed by atoms with Gasteiger partial charge in [-0.15, -0.1) is 0 Å². The number of aryl methyl sites for hydroxylation is 1. The SMILES string of the molecule is Cc1ccc([S@@](=O)C[C@@H]2O[C@H](COCc3ccccc3)C[C@@H]2O)cc1. The first kappa shape index (κ1) is 18.3. The molecule has 0 radical (unpaired) electrons. The Labute approximate surface area is 151 Å². The molecule has 134 valence electrons. The second kappa shape index (κ2) is 8.72. The quantitative estimate of drug-likeness (QED) is 0.825. The fraction of sp³-hybridized carbons (Fsp3) is 0.400. The summed E-state index contributed by atoms with van der Waals surface area (Å²) in [6.45, 7) is 2.95. The molecule has 3 rings (SSSR count). The second-order valence-electron chi connectivity index (χ2n) is 6.43. The molecule has 0 bridgehead atoms. The normalized spacial score (nSPS) is 24.3. The smallest absolute Gasteiger partial charge is 0.0958 e. The zero-order valence-electron chi connectivity index (χ0n) is 14.3. The van der Waals surface area contributed by atoms with Crippen molar-refractivity contribution in [2.24, 2.45) is 0 Å². The predicted molar refractivity (Wildman–Crippen MR) is 97.8 cm³/mol. The van der Waals surface area contributed by atoms with E-state index in [2.05, 4.69) is 0 Å². The minimum absolute atomic E-state index is 0.154. The maximum Gasteiger partial charge on any atom is 0.0958 e. The highest BCUT2D eigenvalue weighted by molar-refractivity contribution is 7.85. The van der Waals surface area contributed by atoms with Crippen LogP contribution in [0.5, 0.6) is 0 Å². The van der Waals surface area contributed by atoms with E-state index in [1.165, 1.54) is 0 Å². The lowest BCUT2D eigenvalue weighted by Crippen LogP contribution is -2.27. The second-order valence-corrected chi connectivity index (χ2v) is 7.92. The summed E-state index contributed by atoms with van der Waals surface area (Å²) in [7, 11) is -1.18. The summed E-state index contributed by atoms with van der Waals surface area (Å²) in [5.41, 5.74) is 2.24. The van der Waals surface area contributed by atoms with Gasteiger partial charge in [-0.3, -0.25) is 4.21 Å². The van der Waals surface area contributed by atoms with Crippen LogP contribution in [0, 0.1) is 6.92 Å². The number of aliphatic hydroxyl groups excluding tert-OH is 1. The fourth-order valence-corrected chi connectivity index (χ4v) is 4.12. The summed E-state index contributed by atoms with van der Waals surface area (Å²) >= 11 is 0. The average molecular weight is 360 g/mol. The molecule has 0 amide bonds. The summed E-state index contributed by atoms with van der Waals surface area (Å²) in [6.07, 6.45) is -0.643. The minimum Gasteiger partial charge on any atom is -0.390 e. The molecular weight excluding hydrogens is 336 g/mol. The number of hydrogen-bond acceptors (Lipinski definition) is 4. The van der Waals surface area contributed by atoms with Gasteiger partial charge in [0.25, 0.3) is 0 Å². The number of rotatable bonds is 7. The lowest BCUT2D eigenvalue weighted by atomic mass is 10.1. The first-order chi connectivity index (χ1) is 12.1. The molecule has 0 saturated carbocycles. The zero-order chi connectivity index (χ0) is 17.6. The fourth-order valence-electron chi connectivity index (χ4n) is 2.89. The van der Waals surface area contributed by atoms with E-state index in [4.69, 9.17) is 9.47 Å². The molecular formula is C20H24O4S. The van der Waals surface area contributed by atoms with Crippen molar-refractivity contribution in [3.8, 4) is 0 Å². The monoisotopic (exact) mass is 360 g/mol. The van der Waals surface area contributed by atoms with Crippen molar-refractivity contribution in [1.82, 2.24) is 0 Å². The third-order valence-corrected chi connectivity index (χ3v) is 5.74. The highest BCUT2D eigenvalue weighted by Crippen LogP contribution is 2.23. The molecule has 2 aromatic carbocycles. The lowest BCUT2D eigenvalue weighted by Gasteiger charge is -2.15. The molecule has 1 N–H and O–H groups in total. The van der Waals surface area contributed by atoms with Crippen molar-refractivity contribution in [2.75, 3.05) is 12.4 Å². The highest BCUT2D eigenvalue weighted by atomic mass is 32.2. The molecule has 1 aliphatic heterocycles. The van der Waals surface area contributed by atoms with Gasteiger partial charge in [0.1, 0.15) is 0 Å². The van der Waals surface area contributed by atoms with E-state index < -0.39 is 23.0 Å². The Kier molecular flexibility index (Phi) is 6.37. The van der Waals surface area contributed by atoms with Gasteiger partial charge < -0.3 is 14.6 Å². The van der Waals surface area contributed by atoms with Gasteiger partial charge in [-0.05, 0) is 24.6 Å². The maximum absolute atomic E-state index is 12.5. The van der Waals surface area contributed by atoms with E-state index in [-0.39, 0.29) is 6.10 Å². The summed E-state index contributed by atoms with van der Waals surface area (Å²) in [5.74, 6) is 0.305. The molecule has 1 saturated heterocycles. The van der Waals surface area contributed by atoms with Gasteiger partial charge in [0.05, 0.1) is 48.1 Å². The summed E-state index contributed by atoms with van der Waals surface area (Å²) < 4.78 is 24.0. The molecule has 25 heavy (non-hydrogen) atoms. The van der Waals surface area contributed by atoms with Crippen molar-refractivity contribution in [3.05, 3.63) is 65.7 Å². The maximum atomic E-state index is 12.5. The number of ether oxygens (including phenoxy) is 2. The van der Waals surface area contributed by atoms with Crippen molar-refractivity contribution >= 4 is 10.8 Å². The van der Waals surface area contributed by atoms with Crippen LogP contribution in [0.1, 0.15) is 17.5 Å². The van der Waals surface area contributed by atoms with E-state index in [1.54, 1.807) is 0 Å². The van der Waals surface area contributed by atoms with Gasteiger partial charge in [-0.25, -0.2) is 0 Å². The first-order valence-electron chi connectivity index (χ1n) is 8.52. The van der Waals surface area contributed by atoms with Crippen LogP contribution in [0.2, 0.25) is 0 Å². The van der Waals surface area contributed by atoms with E-state index in [0.29, 0.717) is 25.4 Å². The number of benzene rings is 2. The number of aliphatic hydroxyl groups is 1. The molecule has 0 aromatic heterocycles. The third kappa shape index (κ3) is 5.22. The standard InChI is InChI=1S/C20H24O4S/c1-15-7-9-18(10-8-15)25(22)14-20-19(21)11-17(24-20)13-23-12-16-5-3-2-4-6-16/h2-10,17,19-21H,11-14H2,1H3/t17-,19-,20-,25-/m0/s1. The topological polar surface area (TPSA) is 55.8 Å². The molecule has 1 heterocycles. The van der Waals surface area contributed by atoms with Crippen LogP contribution < -0.4 is 0 Å². The van der Waals surface area contributed by atoms with Crippen molar-refractivity contribution in [2.45, 2.75) is 43.2 Å². The summed E-state index contributed by atoms with van der Waals surface area (Å²) in [4.78, 5) is 0.769. The molecule has 4 nitrogen and oxygen atoms in total. The first-order valence-corrected chi connectivity index (χ1v) is 9.84. The van der Waals surface area contributed by atoms with Gasteiger partial charge in [0, 0.05) is 11.3 Å². The van der Waals surface area contributed by atoms with Crippen molar-refractivity contribution in [1.29, 1.82) is 0 Å². The molecule has 0 aliphatic carbocycles. The van der Waals surface area contributed by atoms with Gasteiger partial charge in [-0.2, -0.15) is 0 Å². The van der Waals surface area contributed by atoms with Crippen molar-refractivity contribution < 1.29 is 18.8 Å². The largest absolute Gasteiger partial charge is 0.390 e. The van der Waals surface area contributed by atoms with Crippen LogP contribution >= 0.6 is 0 Å². The molecule has 4 atom stereocenters. The van der Waals surface area contributed by atoms with Crippen LogP contribution in [0.4, 0.5) is 0 Å². The Bertz CT molecular complexity index is 687. The molecule has 1 fully saturated rings. The van der Waals surface area contributed by atoms with Crippen LogP contribution in [0.25, 0.3) is 0 Å². The van der Waals surface area contributed by atoms with Crippen LogP contribution in [0.15, 0.2) is 59.5 Å². The molecule has 2 aromatic rings.